The van der Waals surface area contributed by atoms with Gasteiger partial charge in [0.05, 0.1) is 18.6 Å². The fourth-order valence-electron chi connectivity index (χ4n) is 2.66. The van der Waals surface area contributed by atoms with Gasteiger partial charge in [-0.05, 0) is 25.7 Å². The van der Waals surface area contributed by atoms with E-state index in [0.717, 1.165) is 32.5 Å². The molecular weight excluding hydrogens is 188 g/mol. The highest BCUT2D eigenvalue weighted by Crippen LogP contribution is 2.24. The van der Waals surface area contributed by atoms with Crippen LogP contribution in [0.5, 0.6) is 0 Å². The van der Waals surface area contributed by atoms with Crippen LogP contribution in [0.1, 0.15) is 38.5 Å². The Kier molecular flexibility index (Phi) is 3.99. The average molecular weight is 208 g/mol. The minimum Gasteiger partial charge on any atom is -0.380 e. The Morgan fingerprint density at radius 3 is 2.73 bits per heavy atom. The first-order chi connectivity index (χ1) is 7.40. The molecule has 0 bridgehead atoms. The summed E-state index contributed by atoms with van der Waals surface area (Å²) in [6.07, 6.45) is 7.08. The first-order valence-corrected chi connectivity index (χ1v) is 6.13. The molecule has 1 aliphatic heterocycles. The van der Waals surface area contributed by atoms with Crippen molar-refractivity contribution in [1.82, 2.24) is 5.32 Å². The summed E-state index contributed by atoms with van der Waals surface area (Å²) < 4.78 is 5.45. The Balaban J connectivity index is 1.83. The Morgan fingerprint density at radius 2 is 2.00 bits per heavy atom. The van der Waals surface area contributed by atoms with Crippen molar-refractivity contribution in [3.63, 3.8) is 0 Å². The molecule has 2 rings (SSSR count). The van der Waals surface area contributed by atoms with Crippen LogP contribution < -0.4 is 5.32 Å². The van der Waals surface area contributed by atoms with Crippen LogP contribution in [0.2, 0.25) is 0 Å². The molecule has 0 spiro atoms. The predicted octanol–water partition coefficient (Wildman–Crippen LogP) is 1.84. The van der Waals surface area contributed by atoms with Gasteiger partial charge in [0.1, 0.15) is 0 Å². The van der Waals surface area contributed by atoms with Crippen molar-refractivity contribution in [2.45, 2.75) is 50.6 Å². The highest BCUT2D eigenvalue weighted by Gasteiger charge is 2.27. The number of nitrogens with one attached hydrogen (secondary N) is 1. The second-order valence-corrected chi connectivity index (χ2v) is 4.71. The number of nitriles is 1. The minimum atomic E-state index is 0.223. The summed E-state index contributed by atoms with van der Waals surface area (Å²) in [4.78, 5) is 0. The summed E-state index contributed by atoms with van der Waals surface area (Å²) in [6.45, 7) is 1.74. The van der Waals surface area contributed by atoms with E-state index in [1.54, 1.807) is 0 Å². The van der Waals surface area contributed by atoms with Crippen LogP contribution in [0.4, 0.5) is 0 Å². The number of hydrogen-bond donors (Lipinski definition) is 1. The van der Waals surface area contributed by atoms with E-state index in [-0.39, 0.29) is 5.92 Å². The van der Waals surface area contributed by atoms with E-state index < -0.39 is 0 Å². The molecule has 0 aromatic rings. The van der Waals surface area contributed by atoms with Gasteiger partial charge in [-0.3, -0.25) is 0 Å². The molecule has 1 heterocycles. The van der Waals surface area contributed by atoms with Crippen molar-refractivity contribution in [3.8, 4) is 6.07 Å². The molecule has 2 fully saturated rings. The van der Waals surface area contributed by atoms with Crippen LogP contribution in [0.25, 0.3) is 0 Å². The van der Waals surface area contributed by atoms with Crippen molar-refractivity contribution in [3.05, 3.63) is 0 Å². The first-order valence-electron chi connectivity index (χ1n) is 6.13. The second-order valence-electron chi connectivity index (χ2n) is 4.71. The zero-order valence-corrected chi connectivity index (χ0v) is 9.24. The second kappa shape index (κ2) is 5.48. The van der Waals surface area contributed by atoms with E-state index in [1.165, 1.54) is 19.3 Å². The fourth-order valence-corrected chi connectivity index (χ4v) is 2.66. The first kappa shape index (κ1) is 10.9. The molecule has 1 saturated heterocycles. The molecule has 3 nitrogen and oxygen atoms in total. The Labute approximate surface area is 91.8 Å². The van der Waals surface area contributed by atoms with Gasteiger partial charge in [0, 0.05) is 18.7 Å². The molecule has 1 aliphatic carbocycles. The summed E-state index contributed by atoms with van der Waals surface area (Å²) in [5.74, 6) is 0.223. The van der Waals surface area contributed by atoms with E-state index in [1.807, 2.05) is 0 Å². The minimum absolute atomic E-state index is 0.223. The van der Waals surface area contributed by atoms with Gasteiger partial charge in [0.25, 0.3) is 0 Å². The third kappa shape index (κ3) is 2.93. The molecule has 2 aliphatic rings. The van der Waals surface area contributed by atoms with Crippen LogP contribution in [0, 0.1) is 17.2 Å². The van der Waals surface area contributed by atoms with Crippen LogP contribution in [-0.2, 0) is 4.74 Å². The summed E-state index contributed by atoms with van der Waals surface area (Å²) in [5, 5.41) is 12.7. The summed E-state index contributed by atoms with van der Waals surface area (Å²) in [7, 11) is 0. The van der Waals surface area contributed by atoms with Crippen LogP contribution in [0.3, 0.4) is 0 Å². The quantitative estimate of drug-likeness (QED) is 0.753. The molecular formula is C12H20N2O. The van der Waals surface area contributed by atoms with Gasteiger partial charge in [-0.15, -0.1) is 0 Å². The van der Waals surface area contributed by atoms with Gasteiger partial charge >= 0.3 is 0 Å². The third-order valence-corrected chi connectivity index (χ3v) is 3.54. The van der Waals surface area contributed by atoms with Gasteiger partial charge in [-0.25, -0.2) is 0 Å². The molecule has 3 atom stereocenters. The SMILES string of the molecule is N#CC1CCCCC1NC1CCCOC1. The van der Waals surface area contributed by atoms with Gasteiger partial charge in [-0.2, -0.15) is 5.26 Å². The Bertz CT molecular complexity index is 230. The fraction of sp³-hybridized carbons (Fsp3) is 0.917. The van der Waals surface area contributed by atoms with Gasteiger partial charge < -0.3 is 10.1 Å². The molecule has 3 heteroatoms. The van der Waals surface area contributed by atoms with Crippen LogP contribution in [-0.4, -0.2) is 25.3 Å². The monoisotopic (exact) mass is 208 g/mol. The summed E-state index contributed by atoms with van der Waals surface area (Å²) in [5.41, 5.74) is 0. The van der Waals surface area contributed by atoms with Gasteiger partial charge in [-0.1, -0.05) is 12.8 Å². The lowest BCUT2D eigenvalue weighted by Gasteiger charge is -2.33. The number of rotatable bonds is 2. The number of nitrogens with zero attached hydrogens (tertiary/aromatic N) is 1. The van der Waals surface area contributed by atoms with Gasteiger partial charge in [0.2, 0.25) is 0 Å². The Hall–Kier alpha value is -0.590. The molecule has 0 aromatic heterocycles. The van der Waals surface area contributed by atoms with Gasteiger partial charge in [0.15, 0.2) is 0 Å². The van der Waals surface area contributed by atoms with Crippen LogP contribution >= 0.6 is 0 Å². The maximum Gasteiger partial charge on any atom is 0.0672 e. The molecule has 0 aromatic carbocycles. The average Bonchev–Trinajstić information content (AvgIpc) is 2.31. The van der Waals surface area contributed by atoms with Crippen LogP contribution in [0.15, 0.2) is 0 Å². The van der Waals surface area contributed by atoms with Crippen molar-refractivity contribution in [1.29, 1.82) is 5.26 Å². The Morgan fingerprint density at radius 1 is 1.13 bits per heavy atom. The largest absolute Gasteiger partial charge is 0.380 e. The maximum atomic E-state index is 9.07. The molecule has 1 N–H and O–H groups in total. The van der Waals surface area contributed by atoms with E-state index in [0.29, 0.717) is 12.1 Å². The molecule has 3 unspecified atom stereocenters. The summed E-state index contributed by atoms with van der Waals surface area (Å²) in [6, 6.07) is 3.34. The third-order valence-electron chi connectivity index (χ3n) is 3.54. The number of hydrogen-bond acceptors (Lipinski definition) is 3. The van der Waals surface area contributed by atoms with E-state index in [2.05, 4.69) is 11.4 Å². The molecule has 0 radical (unpaired) electrons. The van der Waals surface area contributed by atoms with E-state index in [4.69, 9.17) is 10.00 Å². The standard InChI is InChI=1S/C12H20N2O/c13-8-10-4-1-2-6-12(10)14-11-5-3-7-15-9-11/h10-12,14H,1-7,9H2. The lowest BCUT2D eigenvalue weighted by Crippen LogP contribution is -2.47. The lowest BCUT2D eigenvalue weighted by atomic mass is 9.85. The van der Waals surface area contributed by atoms with E-state index >= 15 is 0 Å². The molecule has 84 valence electrons. The van der Waals surface area contributed by atoms with Crippen molar-refractivity contribution < 1.29 is 4.74 Å². The predicted molar refractivity (Wildman–Crippen MR) is 58.3 cm³/mol. The zero-order valence-electron chi connectivity index (χ0n) is 9.24. The molecule has 0 amide bonds. The normalized spacial score (nSPS) is 37.1. The summed E-state index contributed by atoms with van der Waals surface area (Å²) >= 11 is 0. The molecule has 15 heavy (non-hydrogen) atoms. The highest BCUT2D eigenvalue weighted by molar-refractivity contribution is 4.95. The lowest BCUT2D eigenvalue weighted by molar-refractivity contribution is 0.0620. The maximum absolute atomic E-state index is 9.07. The van der Waals surface area contributed by atoms with Crippen molar-refractivity contribution >= 4 is 0 Å². The number of ether oxygens (including phenoxy) is 1. The topological polar surface area (TPSA) is 45.0 Å². The van der Waals surface area contributed by atoms with Crippen molar-refractivity contribution in [2.24, 2.45) is 5.92 Å². The smallest absolute Gasteiger partial charge is 0.0672 e. The van der Waals surface area contributed by atoms with E-state index in [9.17, 15) is 0 Å². The molecule has 1 saturated carbocycles. The van der Waals surface area contributed by atoms with Crippen molar-refractivity contribution in [2.75, 3.05) is 13.2 Å². The highest BCUT2D eigenvalue weighted by atomic mass is 16.5. The zero-order chi connectivity index (χ0) is 10.5.